The van der Waals surface area contributed by atoms with Crippen molar-refractivity contribution in [2.45, 2.75) is 13.8 Å². The van der Waals surface area contributed by atoms with E-state index in [-0.39, 0.29) is 12.5 Å². The molecule has 1 aromatic heterocycles. The summed E-state index contributed by atoms with van der Waals surface area (Å²) in [5.41, 5.74) is 5.84. The van der Waals surface area contributed by atoms with Gasteiger partial charge in [0.15, 0.2) is 0 Å². The lowest BCUT2D eigenvalue weighted by Gasteiger charge is -2.08. The molecule has 0 radical (unpaired) electrons. The van der Waals surface area contributed by atoms with E-state index in [1.54, 1.807) is 12.3 Å². The number of aromatic nitrogens is 1. The Bertz CT molecular complexity index is 334. The number of nitrogens with one attached hydrogen (secondary N) is 2. The normalized spacial score (nSPS) is 10.2. The molecule has 1 amide bonds. The van der Waals surface area contributed by atoms with Gasteiger partial charge in [0, 0.05) is 6.54 Å². The fraction of sp³-hybridized carbons (Fsp3) is 0.455. The molecule has 0 saturated heterocycles. The molecule has 0 fully saturated rings. The van der Waals surface area contributed by atoms with Crippen LogP contribution in [0.1, 0.15) is 13.8 Å². The Balaban J connectivity index is 2.51. The van der Waals surface area contributed by atoms with Crippen molar-refractivity contribution in [3.8, 4) is 0 Å². The molecule has 1 rings (SSSR count). The predicted molar refractivity (Wildman–Crippen MR) is 65.2 cm³/mol. The summed E-state index contributed by atoms with van der Waals surface area (Å²) in [6, 6.07) is 3.62. The van der Waals surface area contributed by atoms with Crippen LogP contribution >= 0.6 is 0 Å². The monoisotopic (exact) mass is 222 g/mol. The van der Waals surface area contributed by atoms with Gasteiger partial charge in [-0.15, -0.1) is 0 Å². The Kier molecular flexibility index (Phi) is 4.72. The number of amides is 1. The van der Waals surface area contributed by atoms with E-state index < -0.39 is 0 Å². The first-order valence-corrected chi connectivity index (χ1v) is 5.31. The molecular formula is C11H18N4O. The fourth-order valence-electron chi connectivity index (χ4n) is 1.09. The Morgan fingerprint density at radius 3 is 2.75 bits per heavy atom. The lowest BCUT2D eigenvalue weighted by molar-refractivity contribution is -0.114. The number of pyridine rings is 1. The highest BCUT2D eigenvalue weighted by atomic mass is 16.1. The third-order valence-corrected chi connectivity index (χ3v) is 1.92. The van der Waals surface area contributed by atoms with Crippen LogP contribution in [0.3, 0.4) is 0 Å². The summed E-state index contributed by atoms with van der Waals surface area (Å²) in [5, 5.41) is 5.82. The van der Waals surface area contributed by atoms with Crippen LogP contribution in [-0.2, 0) is 4.79 Å². The van der Waals surface area contributed by atoms with E-state index in [1.807, 2.05) is 6.07 Å². The molecule has 88 valence electrons. The van der Waals surface area contributed by atoms with Crippen molar-refractivity contribution >= 4 is 17.4 Å². The quantitative estimate of drug-likeness (QED) is 0.695. The first-order valence-electron chi connectivity index (χ1n) is 5.31. The van der Waals surface area contributed by atoms with Crippen LogP contribution in [-0.4, -0.2) is 24.0 Å². The van der Waals surface area contributed by atoms with Crippen LogP contribution in [0.15, 0.2) is 18.3 Å². The molecule has 0 aliphatic carbocycles. The summed E-state index contributed by atoms with van der Waals surface area (Å²) in [5.74, 6) is 1.16. The molecule has 5 heteroatoms. The highest BCUT2D eigenvalue weighted by Gasteiger charge is 2.00. The van der Waals surface area contributed by atoms with Gasteiger partial charge in [-0.25, -0.2) is 4.98 Å². The zero-order valence-corrected chi connectivity index (χ0v) is 9.66. The number of carbonyl (C=O) groups excluding carboxylic acids is 1. The van der Waals surface area contributed by atoms with E-state index in [9.17, 15) is 4.79 Å². The molecule has 0 unspecified atom stereocenters. The van der Waals surface area contributed by atoms with Crippen molar-refractivity contribution < 1.29 is 4.79 Å². The zero-order valence-electron chi connectivity index (χ0n) is 9.66. The summed E-state index contributed by atoms with van der Waals surface area (Å²) < 4.78 is 0. The number of hydrogen-bond donors (Lipinski definition) is 3. The molecule has 0 aliphatic heterocycles. The van der Waals surface area contributed by atoms with Gasteiger partial charge in [-0.3, -0.25) is 4.79 Å². The number of carbonyl (C=O) groups is 1. The third-order valence-electron chi connectivity index (χ3n) is 1.92. The van der Waals surface area contributed by atoms with E-state index in [2.05, 4.69) is 29.5 Å². The molecule has 1 aromatic rings. The van der Waals surface area contributed by atoms with Gasteiger partial charge in [0.25, 0.3) is 0 Å². The topological polar surface area (TPSA) is 80.0 Å². The Morgan fingerprint density at radius 2 is 2.25 bits per heavy atom. The van der Waals surface area contributed by atoms with Gasteiger partial charge in [0.05, 0.1) is 18.4 Å². The summed E-state index contributed by atoms with van der Waals surface area (Å²) in [6.45, 7) is 5.11. The minimum absolute atomic E-state index is 0.0205. The van der Waals surface area contributed by atoms with Crippen LogP contribution in [0.25, 0.3) is 0 Å². The summed E-state index contributed by atoms with van der Waals surface area (Å²) in [7, 11) is 0. The summed E-state index contributed by atoms with van der Waals surface area (Å²) in [6.07, 6.45) is 1.61. The van der Waals surface area contributed by atoms with Crippen LogP contribution in [0.2, 0.25) is 0 Å². The second-order valence-electron chi connectivity index (χ2n) is 3.96. The van der Waals surface area contributed by atoms with Crippen molar-refractivity contribution in [3.05, 3.63) is 18.3 Å². The molecule has 0 bridgehead atoms. The number of nitrogens with zero attached hydrogens (tertiary/aromatic N) is 1. The Labute approximate surface area is 95.4 Å². The van der Waals surface area contributed by atoms with E-state index in [1.165, 1.54) is 0 Å². The SMILES string of the molecule is CC(C)CNc1ccc(NC(=O)CN)cn1. The second kappa shape index (κ2) is 6.07. The lowest BCUT2D eigenvalue weighted by Crippen LogP contribution is -2.21. The average molecular weight is 222 g/mol. The van der Waals surface area contributed by atoms with Crippen molar-refractivity contribution in [1.82, 2.24) is 4.98 Å². The van der Waals surface area contributed by atoms with Gasteiger partial charge < -0.3 is 16.4 Å². The number of rotatable bonds is 5. The average Bonchev–Trinajstić information content (AvgIpc) is 2.28. The predicted octanol–water partition coefficient (Wildman–Crippen LogP) is 1.05. The maximum absolute atomic E-state index is 11.0. The van der Waals surface area contributed by atoms with E-state index >= 15 is 0 Å². The van der Waals surface area contributed by atoms with Gasteiger partial charge in [0.1, 0.15) is 5.82 Å². The van der Waals surface area contributed by atoms with Crippen molar-refractivity contribution in [3.63, 3.8) is 0 Å². The largest absolute Gasteiger partial charge is 0.370 e. The van der Waals surface area contributed by atoms with Crippen LogP contribution in [0.5, 0.6) is 0 Å². The van der Waals surface area contributed by atoms with Crippen molar-refractivity contribution in [2.75, 3.05) is 23.7 Å². The number of anilines is 2. The minimum Gasteiger partial charge on any atom is -0.370 e. The van der Waals surface area contributed by atoms with Gasteiger partial charge in [-0.05, 0) is 18.1 Å². The molecule has 0 spiro atoms. The summed E-state index contributed by atoms with van der Waals surface area (Å²) in [4.78, 5) is 15.2. The molecule has 0 aromatic carbocycles. The number of hydrogen-bond acceptors (Lipinski definition) is 4. The molecule has 0 atom stereocenters. The molecule has 0 aliphatic rings. The van der Waals surface area contributed by atoms with E-state index in [4.69, 9.17) is 5.73 Å². The van der Waals surface area contributed by atoms with Crippen molar-refractivity contribution in [2.24, 2.45) is 11.7 Å². The minimum atomic E-state index is -0.218. The van der Waals surface area contributed by atoms with Crippen LogP contribution in [0.4, 0.5) is 11.5 Å². The van der Waals surface area contributed by atoms with Crippen LogP contribution in [0, 0.1) is 5.92 Å². The van der Waals surface area contributed by atoms with Gasteiger partial charge in [-0.2, -0.15) is 0 Å². The highest BCUT2D eigenvalue weighted by Crippen LogP contribution is 2.09. The Hall–Kier alpha value is -1.62. The smallest absolute Gasteiger partial charge is 0.238 e. The standard InChI is InChI=1S/C11H18N4O/c1-8(2)6-13-10-4-3-9(7-14-10)15-11(16)5-12/h3-4,7-8H,5-6,12H2,1-2H3,(H,13,14)(H,15,16). The maximum atomic E-state index is 11.0. The van der Waals surface area contributed by atoms with Gasteiger partial charge >= 0.3 is 0 Å². The zero-order chi connectivity index (χ0) is 12.0. The first-order chi connectivity index (χ1) is 7.61. The molecule has 5 nitrogen and oxygen atoms in total. The van der Waals surface area contributed by atoms with Crippen molar-refractivity contribution in [1.29, 1.82) is 0 Å². The lowest BCUT2D eigenvalue weighted by atomic mass is 10.2. The maximum Gasteiger partial charge on any atom is 0.238 e. The highest BCUT2D eigenvalue weighted by molar-refractivity contribution is 5.91. The van der Waals surface area contributed by atoms with Gasteiger partial charge in [0.2, 0.25) is 5.91 Å². The molecule has 16 heavy (non-hydrogen) atoms. The van der Waals surface area contributed by atoms with Crippen LogP contribution < -0.4 is 16.4 Å². The van der Waals surface area contributed by atoms with Gasteiger partial charge in [-0.1, -0.05) is 13.8 Å². The first kappa shape index (κ1) is 12.4. The fourth-order valence-corrected chi connectivity index (χ4v) is 1.09. The Morgan fingerprint density at radius 1 is 1.50 bits per heavy atom. The number of nitrogens with two attached hydrogens (primary N) is 1. The van der Waals surface area contributed by atoms with E-state index in [0.29, 0.717) is 11.6 Å². The third kappa shape index (κ3) is 4.27. The molecular weight excluding hydrogens is 204 g/mol. The summed E-state index contributed by atoms with van der Waals surface area (Å²) >= 11 is 0. The van der Waals surface area contributed by atoms with E-state index in [0.717, 1.165) is 12.4 Å². The second-order valence-corrected chi connectivity index (χ2v) is 3.96. The molecule has 0 saturated carbocycles. The molecule has 4 N–H and O–H groups in total. The molecule has 1 heterocycles.